The van der Waals surface area contributed by atoms with Crippen molar-refractivity contribution in [2.24, 2.45) is 0 Å². The van der Waals surface area contributed by atoms with E-state index < -0.39 is 12.0 Å². The van der Waals surface area contributed by atoms with Gasteiger partial charge in [0.2, 0.25) is 5.91 Å². The predicted molar refractivity (Wildman–Crippen MR) is 125 cm³/mol. The predicted octanol–water partition coefficient (Wildman–Crippen LogP) is 4.27. The van der Waals surface area contributed by atoms with Crippen molar-refractivity contribution >= 4 is 22.8 Å². The zero-order chi connectivity index (χ0) is 23.2. The quantitative estimate of drug-likeness (QED) is 0.413. The lowest BCUT2D eigenvalue weighted by atomic mass is 10.1. The maximum absolute atomic E-state index is 13.3. The highest BCUT2D eigenvalue weighted by molar-refractivity contribution is 5.91. The number of benzene rings is 3. The van der Waals surface area contributed by atoms with Crippen LogP contribution in [0.4, 0.5) is 4.39 Å². The van der Waals surface area contributed by atoms with E-state index >= 15 is 0 Å². The molecule has 0 spiro atoms. The second-order valence-corrected chi connectivity index (χ2v) is 7.94. The highest BCUT2D eigenvalue weighted by Crippen LogP contribution is 2.23. The minimum absolute atomic E-state index is 0.124. The van der Waals surface area contributed by atoms with E-state index in [2.05, 4.69) is 5.32 Å². The van der Waals surface area contributed by atoms with Gasteiger partial charge in [-0.25, -0.2) is 9.18 Å². The van der Waals surface area contributed by atoms with Crippen LogP contribution >= 0.6 is 0 Å². The number of hydrogen-bond acceptors (Lipinski definition) is 3. The Labute approximate surface area is 191 Å². The number of aromatic nitrogens is 1. The Balaban J connectivity index is 1.53. The Bertz CT molecular complexity index is 1250. The lowest BCUT2D eigenvalue weighted by Crippen LogP contribution is -2.43. The van der Waals surface area contributed by atoms with Gasteiger partial charge in [0.1, 0.15) is 11.9 Å². The van der Waals surface area contributed by atoms with Crippen LogP contribution in [0.1, 0.15) is 16.7 Å². The first-order chi connectivity index (χ1) is 16.0. The molecule has 1 atom stereocenters. The first-order valence-corrected chi connectivity index (χ1v) is 10.8. The zero-order valence-corrected chi connectivity index (χ0v) is 18.3. The van der Waals surface area contributed by atoms with Crippen LogP contribution in [-0.2, 0) is 33.7 Å². The van der Waals surface area contributed by atoms with Gasteiger partial charge in [-0.1, -0.05) is 60.7 Å². The van der Waals surface area contributed by atoms with Crippen molar-refractivity contribution in [1.29, 1.82) is 0 Å². The van der Waals surface area contributed by atoms with Gasteiger partial charge < -0.3 is 14.6 Å². The van der Waals surface area contributed by atoms with E-state index in [1.54, 1.807) is 12.1 Å². The maximum atomic E-state index is 13.3. The lowest BCUT2D eigenvalue weighted by Gasteiger charge is -2.16. The summed E-state index contributed by atoms with van der Waals surface area (Å²) in [7, 11) is 1.32. The largest absolute Gasteiger partial charge is 0.467 e. The molecule has 1 amide bonds. The van der Waals surface area contributed by atoms with E-state index in [1.165, 1.54) is 19.2 Å². The molecule has 0 bridgehead atoms. The molecule has 1 aromatic heterocycles. The number of carbonyl (C=O) groups is 2. The number of para-hydroxylation sites is 1. The molecule has 6 heteroatoms. The molecular formula is C27H25FN2O3. The maximum Gasteiger partial charge on any atom is 0.328 e. The molecule has 168 valence electrons. The second-order valence-electron chi connectivity index (χ2n) is 7.94. The van der Waals surface area contributed by atoms with Crippen LogP contribution in [0.3, 0.4) is 0 Å². The van der Waals surface area contributed by atoms with Crippen LogP contribution < -0.4 is 5.32 Å². The molecule has 0 saturated heterocycles. The molecule has 4 aromatic rings. The van der Waals surface area contributed by atoms with E-state index in [9.17, 15) is 14.0 Å². The number of methoxy groups -OCH3 is 1. The van der Waals surface area contributed by atoms with Crippen molar-refractivity contribution in [2.45, 2.75) is 25.4 Å². The van der Waals surface area contributed by atoms with E-state index in [4.69, 9.17) is 4.74 Å². The van der Waals surface area contributed by atoms with Gasteiger partial charge in [0, 0.05) is 30.1 Å². The van der Waals surface area contributed by atoms with Gasteiger partial charge in [-0.2, -0.15) is 0 Å². The number of halogens is 1. The van der Waals surface area contributed by atoms with Crippen molar-refractivity contribution in [3.63, 3.8) is 0 Å². The molecule has 33 heavy (non-hydrogen) atoms. The summed E-state index contributed by atoms with van der Waals surface area (Å²) >= 11 is 0. The van der Waals surface area contributed by atoms with Crippen LogP contribution in [0.5, 0.6) is 0 Å². The average molecular weight is 445 g/mol. The first-order valence-electron chi connectivity index (χ1n) is 10.8. The number of amides is 1. The number of nitrogens with one attached hydrogen (secondary N) is 1. The Morgan fingerprint density at radius 2 is 1.64 bits per heavy atom. The Morgan fingerprint density at radius 1 is 0.939 bits per heavy atom. The third-order valence-corrected chi connectivity index (χ3v) is 5.59. The minimum Gasteiger partial charge on any atom is -0.467 e. The van der Waals surface area contributed by atoms with Gasteiger partial charge in [-0.05, 0) is 34.9 Å². The monoisotopic (exact) mass is 444 g/mol. The minimum atomic E-state index is -0.766. The summed E-state index contributed by atoms with van der Waals surface area (Å²) in [4.78, 5) is 25.2. The average Bonchev–Trinajstić information content (AvgIpc) is 3.17. The number of carbonyl (C=O) groups excluding carboxylic acids is 2. The number of ether oxygens (including phenoxy) is 1. The molecule has 5 nitrogen and oxygen atoms in total. The third kappa shape index (κ3) is 5.47. The van der Waals surface area contributed by atoms with Crippen molar-refractivity contribution < 1.29 is 18.7 Å². The fraction of sp³-hybridized carbons (Fsp3) is 0.185. The van der Waals surface area contributed by atoms with Gasteiger partial charge in [0.25, 0.3) is 0 Å². The van der Waals surface area contributed by atoms with Gasteiger partial charge in [-0.3, -0.25) is 4.79 Å². The van der Waals surface area contributed by atoms with E-state index in [0.29, 0.717) is 13.0 Å². The summed E-state index contributed by atoms with van der Waals surface area (Å²) < 4.78 is 20.2. The molecule has 3 aromatic carbocycles. The molecule has 1 heterocycles. The van der Waals surface area contributed by atoms with Gasteiger partial charge >= 0.3 is 5.97 Å². The molecule has 0 fully saturated rings. The van der Waals surface area contributed by atoms with Crippen LogP contribution in [0, 0.1) is 5.82 Å². The standard InChI is InChI=1S/C27H25FN2O3/c1-33-27(32)24(15-19-7-3-2-4-8-19)29-26(31)16-21-18-30(25-10-6-5-9-23(21)25)17-20-11-13-22(28)14-12-20/h2-14,18,24H,15-17H2,1H3,(H,29,31). The van der Waals surface area contributed by atoms with Crippen LogP contribution in [0.25, 0.3) is 10.9 Å². The molecule has 0 aliphatic heterocycles. The second kappa shape index (κ2) is 10.1. The summed E-state index contributed by atoms with van der Waals surface area (Å²) in [5.74, 6) is -1.01. The normalized spacial score (nSPS) is 11.8. The Kier molecular flexibility index (Phi) is 6.83. The van der Waals surface area contributed by atoms with E-state index in [1.807, 2.05) is 65.4 Å². The topological polar surface area (TPSA) is 60.3 Å². The van der Waals surface area contributed by atoms with Crippen molar-refractivity contribution in [3.8, 4) is 0 Å². The Hall–Kier alpha value is -3.93. The van der Waals surface area contributed by atoms with Gasteiger partial charge in [0.15, 0.2) is 0 Å². The number of hydrogen-bond donors (Lipinski definition) is 1. The highest BCUT2D eigenvalue weighted by Gasteiger charge is 2.23. The molecule has 0 aliphatic carbocycles. The summed E-state index contributed by atoms with van der Waals surface area (Å²) in [5.41, 5.74) is 3.73. The van der Waals surface area contributed by atoms with Crippen molar-refractivity contribution in [3.05, 3.63) is 108 Å². The van der Waals surface area contributed by atoms with Crippen molar-refractivity contribution in [1.82, 2.24) is 9.88 Å². The molecule has 0 radical (unpaired) electrons. The van der Waals surface area contributed by atoms with Gasteiger partial charge in [-0.15, -0.1) is 0 Å². The summed E-state index contributed by atoms with van der Waals surface area (Å²) in [5, 5.41) is 3.80. The van der Waals surface area contributed by atoms with Crippen LogP contribution in [0.2, 0.25) is 0 Å². The summed E-state index contributed by atoms with van der Waals surface area (Å²) in [6, 6.07) is 23.0. The van der Waals surface area contributed by atoms with E-state index in [0.717, 1.165) is 27.6 Å². The number of fused-ring (bicyclic) bond motifs is 1. The zero-order valence-electron chi connectivity index (χ0n) is 18.3. The van der Waals surface area contributed by atoms with Crippen LogP contribution in [0.15, 0.2) is 85.1 Å². The fourth-order valence-corrected chi connectivity index (χ4v) is 3.98. The number of rotatable bonds is 8. The molecule has 1 unspecified atom stereocenters. The van der Waals surface area contributed by atoms with Crippen molar-refractivity contribution in [2.75, 3.05) is 7.11 Å². The van der Waals surface area contributed by atoms with Crippen LogP contribution in [-0.4, -0.2) is 29.6 Å². The lowest BCUT2D eigenvalue weighted by molar-refractivity contribution is -0.145. The summed E-state index contributed by atoms with van der Waals surface area (Å²) in [6.07, 6.45) is 2.42. The number of esters is 1. The SMILES string of the molecule is COC(=O)C(Cc1ccccc1)NC(=O)Cc1cn(Cc2ccc(F)cc2)c2ccccc12. The smallest absolute Gasteiger partial charge is 0.328 e. The molecule has 1 N–H and O–H groups in total. The fourth-order valence-electron chi connectivity index (χ4n) is 3.98. The molecule has 0 saturated carbocycles. The molecular weight excluding hydrogens is 419 g/mol. The highest BCUT2D eigenvalue weighted by atomic mass is 19.1. The Morgan fingerprint density at radius 3 is 2.36 bits per heavy atom. The third-order valence-electron chi connectivity index (χ3n) is 5.59. The first kappa shape index (κ1) is 22.3. The molecule has 0 aliphatic rings. The molecule has 4 rings (SSSR count). The summed E-state index contributed by atoms with van der Waals surface area (Å²) in [6.45, 7) is 0.557. The number of nitrogens with zero attached hydrogens (tertiary/aromatic N) is 1. The van der Waals surface area contributed by atoms with Gasteiger partial charge in [0.05, 0.1) is 13.5 Å². The van der Waals surface area contributed by atoms with E-state index in [-0.39, 0.29) is 18.1 Å².